The lowest BCUT2D eigenvalue weighted by molar-refractivity contribution is -0.133. The van der Waals surface area contributed by atoms with E-state index in [-0.39, 0.29) is 11.8 Å². The van der Waals surface area contributed by atoms with Crippen LogP contribution in [0.4, 0.5) is 0 Å². The first-order valence-corrected chi connectivity index (χ1v) is 9.94. The van der Waals surface area contributed by atoms with Gasteiger partial charge in [-0.05, 0) is 31.0 Å². The highest BCUT2D eigenvalue weighted by molar-refractivity contribution is 6.30. The van der Waals surface area contributed by atoms with Crippen molar-refractivity contribution in [2.24, 2.45) is 0 Å². The Morgan fingerprint density at radius 2 is 1.89 bits per heavy atom. The number of ether oxygens (including phenoxy) is 1. The molecule has 1 fully saturated rings. The van der Waals surface area contributed by atoms with Crippen LogP contribution in [-0.2, 0) is 16.1 Å². The zero-order valence-corrected chi connectivity index (χ0v) is 17.1. The van der Waals surface area contributed by atoms with E-state index in [4.69, 9.17) is 16.3 Å². The van der Waals surface area contributed by atoms with E-state index in [1.54, 1.807) is 7.11 Å². The quantitative estimate of drug-likeness (QED) is 0.653. The molecule has 0 spiro atoms. The first-order valence-electron chi connectivity index (χ1n) is 9.56. The Labute approximate surface area is 166 Å². The van der Waals surface area contributed by atoms with Crippen LogP contribution in [0, 0.1) is 0 Å². The van der Waals surface area contributed by atoms with Crippen molar-refractivity contribution < 1.29 is 14.3 Å². The maximum Gasteiger partial charge on any atom is 0.222 e. The number of carbonyl (C=O) groups is 2. The van der Waals surface area contributed by atoms with Crippen molar-refractivity contribution in [2.75, 3.05) is 39.8 Å². The lowest BCUT2D eigenvalue weighted by Crippen LogP contribution is -2.48. The third-order valence-electron chi connectivity index (χ3n) is 4.80. The predicted molar refractivity (Wildman–Crippen MR) is 107 cm³/mol. The molecular formula is C20H30ClN3O3. The van der Waals surface area contributed by atoms with E-state index in [9.17, 15) is 9.59 Å². The molecule has 0 radical (unpaired) electrons. The summed E-state index contributed by atoms with van der Waals surface area (Å²) in [5.74, 6) is 1.08. The van der Waals surface area contributed by atoms with Crippen LogP contribution in [-0.4, -0.2) is 61.4 Å². The summed E-state index contributed by atoms with van der Waals surface area (Å²) in [6, 6.07) is 5.67. The average molecular weight is 396 g/mol. The van der Waals surface area contributed by atoms with Gasteiger partial charge in [0.15, 0.2) is 0 Å². The van der Waals surface area contributed by atoms with Crippen molar-refractivity contribution in [1.29, 1.82) is 0 Å². The van der Waals surface area contributed by atoms with Crippen molar-refractivity contribution in [3.05, 3.63) is 28.8 Å². The Hall–Kier alpha value is -1.79. The smallest absolute Gasteiger partial charge is 0.222 e. The maximum atomic E-state index is 12.3. The highest BCUT2D eigenvalue weighted by Gasteiger charge is 2.21. The molecule has 150 valence electrons. The first-order chi connectivity index (χ1) is 13.0. The number of unbranched alkanes of at least 4 members (excludes halogenated alkanes) is 2. The summed E-state index contributed by atoms with van der Waals surface area (Å²) < 4.78 is 5.41. The Balaban J connectivity index is 1.68. The van der Waals surface area contributed by atoms with E-state index >= 15 is 0 Å². The van der Waals surface area contributed by atoms with Crippen LogP contribution >= 0.6 is 11.6 Å². The third-order valence-corrected chi connectivity index (χ3v) is 5.04. The summed E-state index contributed by atoms with van der Waals surface area (Å²) in [4.78, 5) is 27.4. The summed E-state index contributed by atoms with van der Waals surface area (Å²) in [5, 5.41) is 3.48. The van der Waals surface area contributed by atoms with Crippen LogP contribution < -0.4 is 10.1 Å². The van der Waals surface area contributed by atoms with Gasteiger partial charge in [-0.25, -0.2) is 0 Å². The van der Waals surface area contributed by atoms with Gasteiger partial charge in [-0.2, -0.15) is 0 Å². The van der Waals surface area contributed by atoms with E-state index in [1.807, 2.05) is 23.1 Å². The number of nitrogens with one attached hydrogen (secondary N) is 1. The van der Waals surface area contributed by atoms with Crippen LogP contribution in [0.2, 0.25) is 5.02 Å². The predicted octanol–water partition coefficient (Wildman–Crippen LogP) is 2.69. The molecule has 1 saturated heterocycles. The molecule has 0 unspecified atom stereocenters. The van der Waals surface area contributed by atoms with E-state index in [1.165, 1.54) is 6.92 Å². The fraction of sp³-hybridized carbons (Fsp3) is 0.600. The lowest BCUT2D eigenvalue weighted by Gasteiger charge is -2.35. The van der Waals surface area contributed by atoms with Gasteiger partial charge in [0.05, 0.1) is 7.11 Å². The van der Waals surface area contributed by atoms with Gasteiger partial charge in [-0.1, -0.05) is 18.0 Å². The van der Waals surface area contributed by atoms with Crippen molar-refractivity contribution in [2.45, 2.75) is 39.2 Å². The summed E-state index contributed by atoms with van der Waals surface area (Å²) in [5.41, 5.74) is 1.07. The topological polar surface area (TPSA) is 61.9 Å². The average Bonchev–Trinajstić information content (AvgIpc) is 2.65. The highest BCUT2D eigenvalue weighted by atomic mass is 35.5. The Bertz CT molecular complexity index is 631. The number of amides is 2. The summed E-state index contributed by atoms with van der Waals surface area (Å²) >= 11 is 6.10. The lowest BCUT2D eigenvalue weighted by atomic mass is 10.1. The molecule has 0 bridgehead atoms. The monoisotopic (exact) mass is 395 g/mol. The molecule has 1 heterocycles. The summed E-state index contributed by atoms with van der Waals surface area (Å²) in [6.45, 7) is 6.20. The third kappa shape index (κ3) is 7.39. The number of nitrogens with zero attached hydrogens (tertiary/aromatic N) is 2. The van der Waals surface area contributed by atoms with E-state index in [0.29, 0.717) is 18.0 Å². The summed E-state index contributed by atoms with van der Waals surface area (Å²) in [7, 11) is 1.67. The van der Waals surface area contributed by atoms with Crippen molar-refractivity contribution in [1.82, 2.24) is 15.1 Å². The van der Waals surface area contributed by atoms with Gasteiger partial charge in [0.1, 0.15) is 5.75 Å². The van der Waals surface area contributed by atoms with Gasteiger partial charge in [-0.15, -0.1) is 0 Å². The number of carbonyl (C=O) groups excluding carboxylic acids is 2. The number of methoxy groups -OCH3 is 1. The maximum absolute atomic E-state index is 12.3. The number of halogens is 1. The number of benzene rings is 1. The fourth-order valence-electron chi connectivity index (χ4n) is 3.27. The molecule has 1 aliphatic rings. The van der Waals surface area contributed by atoms with Gasteiger partial charge in [0.2, 0.25) is 11.8 Å². The minimum absolute atomic E-state index is 0.000610. The van der Waals surface area contributed by atoms with Crippen LogP contribution in [0.5, 0.6) is 5.75 Å². The van der Waals surface area contributed by atoms with Crippen LogP contribution in [0.15, 0.2) is 18.2 Å². The zero-order valence-electron chi connectivity index (χ0n) is 16.3. The molecule has 1 aromatic rings. The molecule has 0 aromatic heterocycles. The largest absolute Gasteiger partial charge is 0.496 e. The first kappa shape index (κ1) is 21.5. The standard InChI is InChI=1S/C20H30ClN3O3/c1-16(25)22-9-5-3-4-6-20(26)24-12-10-23(11-13-24)15-17-14-18(21)7-8-19(17)27-2/h7-8,14H,3-6,9-13,15H2,1-2H3,(H,22,25). The minimum Gasteiger partial charge on any atom is -0.496 e. The SMILES string of the molecule is COc1ccc(Cl)cc1CN1CCN(C(=O)CCCCCNC(C)=O)CC1. The van der Waals surface area contributed by atoms with Gasteiger partial charge in [0.25, 0.3) is 0 Å². The molecule has 0 saturated carbocycles. The summed E-state index contributed by atoms with van der Waals surface area (Å²) in [6.07, 6.45) is 3.34. The van der Waals surface area contributed by atoms with Crippen molar-refractivity contribution in [3.8, 4) is 5.75 Å². The van der Waals surface area contributed by atoms with Crippen LogP contribution in [0.1, 0.15) is 38.2 Å². The molecule has 7 heteroatoms. The van der Waals surface area contributed by atoms with Gasteiger partial charge >= 0.3 is 0 Å². The van der Waals surface area contributed by atoms with E-state index in [0.717, 1.165) is 63.3 Å². The second-order valence-electron chi connectivity index (χ2n) is 6.91. The molecule has 0 aliphatic carbocycles. The Kier molecular flexibility index (Phi) is 8.88. The van der Waals surface area contributed by atoms with Gasteiger partial charge in [-0.3, -0.25) is 14.5 Å². The van der Waals surface area contributed by atoms with Gasteiger partial charge < -0.3 is 15.0 Å². The van der Waals surface area contributed by atoms with Crippen LogP contribution in [0.25, 0.3) is 0 Å². The minimum atomic E-state index is -0.000610. The van der Waals surface area contributed by atoms with E-state index in [2.05, 4.69) is 10.2 Å². The zero-order chi connectivity index (χ0) is 19.6. The number of rotatable bonds is 9. The van der Waals surface area contributed by atoms with Crippen molar-refractivity contribution >= 4 is 23.4 Å². The number of piperazine rings is 1. The second kappa shape index (κ2) is 11.1. The molecule has 27 heavy (non-hydrogen) atoms. The van der Waals surface area contributed by atoms with Gasteiger partial charge in [0, 0.05) is 63.2 Å². The van der Waals surface area contributed by atoms with Crippen molar-refractivity contribution in [3.63, 3.8) is 0 Å². The van der Waals surface area contributed by atoms with Crippen LogP contribution in [0.3, 0.4) is 0 Å². The molecule has 2 amide bonds. The molecule has 2 rings (SSSR count). The molecule has 1 aliphatic heterocycles. The Morgan fingerprint density at radius 1 is 1.15 bits per heavy atom. The molecule has 6 nitrogen and oxygen atoms in total. The molecule has 0 atom stereocenters. The number of hydrogen-bond donors (Lipinski definition) is 1. The molecular weight excluding hydrogens is 366 g/mol. The highest BCUT2D eigenvalue weighted by Crippen LogP contribution is 2.24. The number of hydrogen-bond acceptors (Lipinski definition) is 4. The van der Waals surface area contributed by atoms with E-state index < -0.39 is 0 Å². The Morgan fingerprint density at radius 3 is 2.56 bits per heavy atom. The molecule has 1 N–H and O–H groups in total. The fourth-order valence-corrected chi connectivity index (χ4v) is 3.46. The molecule has 1 aromatic carbocycles. The normalized spacial score (nSPS) is 14.9. The second-order valence-corrected chi connectivity index (χ2v) is 7.34.